The minimum atomic E-state index is -0.195. The number of hydrogen-bond donors (Lipinski definition) is 1. The van der Waals surface area contributed by atoms with Crippen molar-refractivity contribution in [3.05, 3.63) is 49.6 Å². The van der Waals surface area contributed by atoms with Gasteiger partial charge in [0.25, 0.3) is 5.91 Å². The number of amides is 1. The van der Waals surface area contributed by atoms with Crippen LogP contribution < -0.4 is 14.9 Å². The Bertz CT molecular complexity index is 923. The zero-order valence-electron chi connectivity index (χ0n) is 15.8. The van der Waals surface area contributed by atoms with Crippen molar-refractivity contribution < 1.29 is 14.3 Å². The van der Waals surface area contributed by atoms with E-state index in [0.29, 0.717) is 21.9 Å². The third-order valence-corrected chi connectivity index (χ3v) is 6.14. The number of ketones is 1. The van der Waals surface area contributed by atoms with Gasteiger partial charge in [-0.25, -0.2) is 0 Å². The summed E-state index contributed by atoms with van der Waals surface area (Å²) in [7, 11) is 1.55. The first-order valence-electron chi connectivity index (χ1n) is 9.09. The molecule has 3 rings (SSSR count). The predicted molar refractivity (Wildman–Crippen MR) is 105 cm³/mol. The van der Waals surface area contributed by atoms with Crippen LogP contribution in [0.25, 0.3) is 0 Å². The number of thiazole rings is 1. The second-order valence-corrected chi connectivity index (χ2v) is 7.87. The van der Waals surface area contributed by atoms with Crippen LogP contribution in [0, 0.1) is 6.92 Å². The maximum atomic E-state index is 12.6. The van der Waals surface area contributed by atoms with E-state index in [-0.39, 0.29) is 29.1 Å². The van der Waals surface area contributed by atoms with Crippen LogP contribution in [0.3, 0.4) is 0 Å². The van der Waals surface area contributed by atoms with Gasteiger partial charge in [0.15, 0.2) is 5.78 Å². The van der Waals surface area contributed by atoms with Gasteiger partial charge in [-0.3, -0.25) is 19.0 Å². The van der Waals surface area contributed by atoms with Crippen LogP contribution >= 0.6 is 11.3 Å². The van der Waals surface area contributed by atoms with Gasteiger partial charge in [-0.2, -0.15) is 0 Å². The lowest BCUT2D eigenvalue weighted by molar-refractivity contribution is 0.0940. The summed E-state index contributed by atoms with van der Waals surface area (Å²) in [6.07, 6.45) is 4.26. The standard InChI is InChI=1S/C20H24N2O4S/c1-12-18(19(24)21-16-6-4-5-7-16)27-20(25)22(12)11-15-10-14(13(2)23)8-9-17(15)26-3/h8-10,16H,4-7,11H2,1-3H3,(H,21,24). The topological polar surface area (TPSA) is 77.4 Å². The molecule has 144 valence electrons. The molecule has 0 spiro atoms. The number of methoxy groups -OCH3 is 1. The number of Topliss-reactive ketones (excluding diaryl/α,β-unsaturated/α-hetero) is 1. The van der Waals surface area contributed by atoms with Gasteiger partial charge >= 0.3 is 4.87 Å². The second-order valence-electron chi connectivity index (χ2n) is 6.91. The van der Waals surface area contributed by atoms with Gasteiger partial charge in [0.05, 0.1) is 13.7 Å². The summed E-state index contributed by atoms with van der Waals surface area (Å²) < 4.78 is 6.94. The number of benzene rings is 1. The normalized spacial score (nSPS) is 14.3. The van der Waals surface area contributed by atoms with Crippen molar-refractivity contribution >= 4 is 23.0 Å². The number of ether oxygens (including phenoxy) is 1. The van der Waals surface area contributed by atoms with Crippen LogP contribution in [0.5, 0.6) is 5.75 Å². The summed E-state index contributed by atoms with van der Waals surface area (Å²) in [6, 6.07) is 5.37. The zero-order valence-corrected chi connectivity index (χ0v) is 16.6. The van der Waals surface area contributed by atoms with Crippen molar-refractivity contribution in [2.75, 3.05) is 7.11 Å². The Labute approximate surface area is 162 Å². The summed E-state index contributed by atoms with van der Waals surface area (Å²) in [5.74, 6) is 0.379. The highest BCUT2D eigenvalue weighted by Crippen LogP contribution is 2.23. The number of aromatic nitrogens is 1. The first-order chi connectivity index (χ1) is 12.9. The molecule has 1 heterocycles. The van der Waals surface area contributed by atoms with Crippen molar-refractivity contribution in [1.29, 1.82) is 0 Å². The van der Waals surface area contributed by atoms with Gasteiger partial charge in [0.1, 0.15) is 10.6 Å². The van der Waals surface area contributed by atoms with Crippen molar-refractivity contribution in [2.45, 2.75) is 52.1 Å². The van der Waals surface area contributed by atoms with Gasteiger partial charge in [-0.05, 0) is 44.9 Å². The fourth-order valence-corrected chi connectivity index (χ4v) is 4.38. The molecule has 0 unspecified atom stereocenters. The van der Waals surface area contributed by atoms with E-state index in [9.17, 15) is 14.4 Å². The van der Waals surface area contributed by atoms with Crippen LogP contribution in [0.1, 0.15) is 63.9 Å². The van der Waals surface area contributed by atoms with Crippen LogP contribution in [-0.2, 0) is 6.54 Å². The summed E-state index contributed by atoms with van der Waals surface area (Å²) in [6.45, 7) is 3.53. The molecular weight excluding hydrogens is 364 g/mol. The van der Waals surface area contributed by atoms with Crippen LogP contribution in [0.2, 0.25) is 0 Å². The molecule has 0 atom stereocenters. The van der Waals surface area contributed by atoms with Gasteiger partial charge in [-0.1, -0.05) is 24.2 Å². The van der Waals surface area contributed by atoms with Gasteiger partial charge in [0.2, 0.25) is 0 Å². The first kappa shape index (κ1) is 19.4. The second kappa shape index (κ2) is 8.08. The highest BCUT2D eigenvalue weighted by atomic mass is 32.1. The van der Waals surface area contributed by atoms with Gasteiger partial charge in [-0.15, -0.1) is 0 Å². The lowest BCUT2D eigenvalue weighted by atomic mass is 10.1. The first-order valence-corrected chi connectivity index (χ1v) is 9.91. The molecule has 0 radical (unpaired) electrons. The SMILES string of the molecule is COc1ccc(C(C)=O)cc1Cn1c(C)c(C(=O)NC2CCCC2)sc1=O. The Morgan fingerprint density at radius 1 is 1.30 bits per heavy atom. The summed E-state index contributed by atoms with van der Waals surface area (Å²) in [5.41, 5.74) is 1.93. The van der Waals surface area contributed by atoms with Crippen LogP contribution in [0.15, 0.2) is 23.0 Å². The van der Waals surface area contributed by atoms with Gasteiger partial charge < -0.3 is 10.1 Å². The summed E-state index contributed by atoms with van der Waals surface area (Å²) in [5, 5.41) is 3.04. The number of rotatable bonds is 6. The summed E-state index contributed by atoms with van der Waals surface area (Å²) >= 11 is 0.963. The molecule has 1 aromatic heterocycles. The average molecular weight is 388 g/mol. The fraction of sp³-hybridized carbons (Fsp3) is 0.450. The Kier molecular flexibility index (Phi) is 5.79. The molecule has 6 nitrogen and oxygen atoms in total. The lowest BCUT2D eigenvalue weighted by Crippen LogP contribution is -2.32. The van der Waals surface area contributed by atoms with Crippen molar-refractivity contribution in [2.24, 2.45) is 0 Å². The third-order valence-electron chi connectivity index (χ3n) is 5.06. The minimum absolute atomic E-state index is 0.0510. The minimum Gasteiger partial charge on any atom is -0.496 e. The molecule has 1 N–H and O–H groups in total. The molecule has 1 saturated carbocycles. The molecule has 7 heteroatoms. The average Bonchev–Trinajstić information content (AvgIpc) is 3.24. The van der Waals surface area contributed by atoms with Crippen LogP contribution in [0.4, 0.5) is 0 Å². The van der Waals surface area contributed by atoms with E-state index in [0.717, 1.165) is 42.6 Å². The van der Waals surface area contributed by atoms with E-state index in [2.05, 4.69) is 5.32 Å². The maximum absolute atomic E-state index is 12.6. The molecule has 1 fully saturated rings. The molecule has 0 saturated heterocycles. The van der Waals surface area contributed by atoms with Crippen molar-refractivity contribution in [3.8, 4) is 5.75 Å². The molecule has 27 heavy (non-hydrogen) atoms. The number of carbonyl (C=O) groups excluding carboxylic acids is 2. The maximum Gasteiger partial charge on any atom is 0.308 e. The zero-order chi connectivity index (χ0) is 19.6. The highest BCUT2D eigenvalue weighted by molar-refractivity contribution is 7.11. The molecule has 0 bridgehead atoms. The lowest BCUT2D eigenvalue weighted by Gasteiger charge is -2.13. The monoisotopic (exact) mass is 388 g/mol. The highest BCUT2D eigenvalue weighted by Gasteiger charge is 2.23. The molecule has 0 aliphatic heterocycles. The number of nitrogens with zero attached hydrogens (tertiary/aromatic N) is 1. The number of nitrogens with one attached hydrogen (secondary N) is 1. The molecule has 1 aromatic carbocycles. The number of hydrogen-bond acceptors (Lipinski definition) is 5. The van der Waals surface area contributed by atoms with E-state index in [1.165, 1.54) is 6.92 Å². The molecule has 1 aliphatic rings. The Morgan fingerprint density at radius 3 is 2.63 bits per heavy atom. The van der Waals surface area contributed by atoms with E-state index < -0.39 is 0 Å². The number of carbonyl (C=O) groups is 2. The summed E-state index contributed by atoms with van der Waals surface area (Å²) in [4.78, 5) is 37.0. The Balaban J connectivity index is 1.89. The van der Waals surface area contributed by atoms with Gasteiger partial charge in [0, 0.05) is 22.9 Å². The Hall–Kier alpha value is -2.41. The van der Waals surface area contributed by atoms with Crippen molar-refractivity contribution in [3.63, 3.8) is 0 Å². The largest absolute Gasteiger partial charge is 0.496 e. The smallest absolute Gasteiger partial charge is 0.308 e. The fourth-order valence-electron chi connectivity index (χ4n) is 3.48. The quantitative estimate of drug-likeness (QED) is 0.771. The Morgan fingerprint density at radius 2 is 2.00 bits per heavy atom. The van der Waals surface area contributed by atoms with Crippen LogP contribution in [-0.4, -0.2) is 29.4 Å². The predicted octanol–water partition coefficient (Wildman–Crippen LogP) is 3.15. The van der Waals surface area contributed by atoms with E-state index in [1.807, 2.05) is 0 Å². The molecular formula is C20H24N2O4S. The molecule has 1 aliphatic carbocycles. The molecule has 1 amide bonds. The van der Waals surface area contributed by atoms with E-state index in [4.69, 9.17) is 4.74 Å². The van der Waals surface area contributed by atoms with E-state index >= 15 is 0 Å². The van der Waals surface area contributed by atoms with Crippen molar-refractivity contribution in [1.82, 2.24) is 9.88 Å². The van der Waals surface area contributed by atoms with E-state index in [1.54, 1.807) is 36.8 Å². The molecule has 2 aromatic rings. The third kappa shape index (κ3) is 4.13.